The SMILES string of the molecule is Cc1ccc(-c2noc(C3CC(NC(=O)COc4ccccc4)CN3C)n2)cc1. The Bertz CT molecular complexity index is 956. The number of carbonyl (C=O) groups is 1. The summed E-state index contributed by atoms with van der Waals surface area (Å²) in [5.74, 6) is 1.69. The van der Waals surface area contributed by atoms with Gasteiger partial charge in [-0.3, -0.25) is 9.69 Å². The van der Waals surface area contributed by atoms with Gasteiger partial charge < -0.3 is 14.6 Å². The number of likely N-dealkylation sites (tertiary alicyclic amines) is 1. The first-order chi connectivity index (χ1) is 14.1. The highest BCUT2D eigenvalue weighted by Gasteiger charge is 2.35. The fraction of sp³-hybridized carbons (Fsp3) is 0.318. The first-order valence-corrected chi connectivity index (χ1v) is 9.66. The van der Waals surface area contributed by atoms with E-state index in [2.05, 4.69) is 20.4 Å². The van der Waals surface area contributed by atoms with Gasteiger partial charge in [0.05, 0.1) is 6.04 Å². The number of ether oxygens (including phenoxy) is 1. The second-order valence-electron chi connectivity index (χ2n) is 7.38. The average molecular weight is 392 g/mol. The second kappa shape index (κ2) is 8.45. The molecule has 0 aliphatic carbocycles. The molecule has 1 fully saturated rings. The van der Waals surface area contributed by atoms with Gasteiger partial charge in [0, 0.05) is 18.2 Å². The highest BCUT2D eigenvalue weighted by Crippen LogP contribution is 2.31. The van der Waals surface area contributed by atoms with E-state index in [-0.39, 0.29) is 24.6 Å². The van der Waals surface area contributed by atoms with Crippen molar-refractivity contribution in [1.82, 2.24) is 20.4 Å². The molecule has 2 atom stereocenters. The summed E-state index contributed by atoms with van der Waals surface area (Å²) in [5, 5.41) is 7.15. The van der Waals surface area contributed by atoms with E-state index in [4.69, 9.17) is 9.26 Å². The van der Waals surface area contributed by atoms with E-state index in [9.17, 15) is 4.79 Å². The molecule has 7 heteroatoms. The molecule has 1 amide bonds. The molecular weight excluding hydrogens is 368 g/mol. The highest BCUT2D eigenvalue weighted by atomic mass is 16.5. The molecule has 3 aromatic rings. The Morgan fingerprint density at radius 3 is 2.72 bits per heavy atom. The van der Waals surface area contributed by atoms with Crippen LogP contribution in [0.15, 0.2) is 59.1 Å². The van der Waals surface area contributed by atoms with Crippen molar-refractivity contribution in [3.8, 4) is 17.1 Å². The summed E-state index contributed by atoms with van der Waals surface area (Å²) in [5.41, 5.74) is 2.11. The van der Waals surface area contributed by atoms with E-state index in [1.165, 1.54) is 5.56 Å². The topological polar surface area (TPSA) is 80.5 Å². The summed E-state index contributed by atoms with van der Waals surface area (Å²) in [4.78, 5) is 18.9. The normalized spacial score (nSPS) is 19.2. The van der Waals surface area contributed by atoms with E-state index >= 15 is 0 Å². The molecular formula is C22H24N4O3. The number of likely N-dealkylation sites (N-methyl/N-ethyl adjacent to an activating group) is 1. The lowest BCUT2D eigenvalue weighted by atomic mass is 10.1. The zero-order chi connectivity index (χ0) is 20.2. The number of aryl methyl sites for hydroxylation is 1. The molecule has 1 aliphatic rings. The minimum absolute atomic E-state index is 0.00611. The zero-order valence-corrected chi connectivity index (χ0v) is 16.5. The fourth-order valence-corrected chi connectivity index (χ4v) is 3.52. The van der Waals surface area contributed by atoms with Crippen LogP contribution in [-0.2, 0) is 4.79 Å². The molecule has 1 aromatic heterocycles. The van der Waals surface area contributed by atoms with Crippen molar-refractivity contribution in [2.24, 2.45) is 0 Å². The molecule has 0 radical (unpaired) electrons. The summed E-state index contributed by atoms with van der Waals surface area (Å²) < 4.78 is 11.0. The summed E-state index contributed by atoms with van der Waals surface area (Å²) in [6.07, 6.45) is 0.711. The quantitative estimate of drug-likeness (QED) is 0.695. The van der Waals surface area contributed by atoms with E-state index in [1.54, 1.807) is 0 Å². The minimum Gasteiger partial charge on any atom is -0.484 e. The minimum atomic E-state index is -0.140. The maximum atomic E-state index is 12.2. The summed E-state index contributed by atoms with van der Waals surface area (Å²) in [7, 11) is 1.99. The number of hydrogen-bond acceptors (Lipinski definition) is 6. The van der Waals surface area contributed by atoms with E-state index < -0.39 is 0 Å². The average Bonchev–Trinajstić information content (AvgIpc) is 3.34. The molecule has 2 aromatic carbocycles. The first kappa shape index (κ1) is 19.1. The van der Waals surface area contributed by atoms with Gasteiger partial charge >= 0.3 is 0 Å². The van der Waals surface area contributed by atoms with Gasteiger partial charge in [-0.15, -0.1) is 0 Å². The van der Waals surface area contributed by atoms with Crippen LogP contribution >= 0.6 is 0 Å². The van der Waals surface area contributed by atoms with Crippen molar-refractivity contribution < 1.29 is 14.1 Å². The molecule has 29 heavy (non-hydrogen) atoms. The van der Waals surface area contributed by atoms with Crippen LogP contribution in [-0.4, -0.2) is 47.2 Å². The van der Waals surface area contributed by atoms with Crippen molar-refractivity contribution in [3.63, 3.8) is 0 Å². The number of nitrogens with one attached hydrogen (secondary N) is 1. The highest BCUT2D eigenvalue weighted by molar-refractivity contribution is 5.77. The Kier molecular flexibility index (Phi) is 5.57. The molecule has 0 bridgehead atoms. The maximum absolute atomic E-state index is 12.2. The molecule has 2 heterocycles. The summed E-state index contributed by atoms with van der Waals surface area (Å²) in [6.45, 7) is 2.75. The van der Waals surface area contributed by atoms with E-state index in [0.29, 0.717) is 30.4 Å². The van der Waals surface area contributed by atoms with E-state index in [1.807, 2.05) is 68.6 Å². The molecule has 0 spiro atoms. The van der Waals surface area contributed by atoms with Gasteiger partial charge in [-0.2, -0.15) is 4.98 Å². The summed E-state index contributed by atoms with van der Waals surface area (Å²) >= 11 is 0. The predicted molar refractivity (Wildman–Crippen MR) is 108 cm³/mol. The molecule has 1 aliphatic heterocycles. The lowest BCUT2D eigenvalue weighted by Crippen LogP contribution is -2.39. The Labute approximate surface area is 169 Å². The third-order valence-electron chi connectivity index (χ3n) is 5.06. The van der Waals surface area contributed by atoms with Gasteiger partial charge in [0.2, 0.25) is 11.7 Å². The van der Waals surface area contributed by atoms with Crippen molar-refractivity contribution in [1.29, 1.82) is 0 Å². The Balaban J connectivity index is 1.34. The van der Waals surface area contributed by atoms with Crippen LogP contribution in [0, 0.1) is 6.92 Å². The summed E-state index contributed by atoms with van der Waals surface area (Å²) in [6, 6.07) is 17.3. The lowest BCUT2D eigenvalue weighted by molar-refractivity contribution is -0.123. The Morgan fingerprint density at radius 1 is 1.21 bits per heavy atom. The number of para-hydroxylation sites is 1. The van der Waals surface area contributed by atoms with Crippen LogP contribution in [0.5, 0.6) is 5.75 Å². The second-order valence-corrected chi connectivity index (χ2v) is 7.38. The molecule has 4 rings (SSSR count). The number of carbonyl (C=O) groups excluding carboxylic acids is 1. The van der Waals surface area contributed by atoms with E-state index in [0.717, 1.165) is 5.56 Å². The number of hydrogen-bond donors (Lipinski definition) is 1. The zero-order valence-electron chi connectivity index (χ0n) is 16.5. The number of nitrogens with zero attached hydrogens (tertiary/aromatic N) is 3. The Hall–Kier alpha value is -3.19. The van der Waals surface area contributed by atoms with Crippen molar-refractivity contribution in [3.05, 3.63) is 66.1 Å². The molecule has 2 unspecified atom stereocenters. The number of rotatable bonds is 6. The molecule has 1 saturated heterocycles. The van der Waals surface area contributed by atoms with Gasteiger partial charge in [-0.05, 0) is 32.5 Å². The van der Waals surface area contributed by atoms with Gasteiger partial charge in [0.25, 0.3) is 5.91 Å². The third kappa shape index (κ3) is 4.63. The molecule has 7 nitrogen and oxygen atoms in total. The fourth-order valence-electron chi connectivity index (χ4n) is 3.52. The van der Waals surface area contributed by atoms with Crippen LogP contribution in [0.2, 0.25) is 0 Å². The monoisotopic (exact) mass is 392 g/mol. The van der Waals surface area contributed by atoms with Crippen LogP contribution < -0.4 is 10.1 Å². The molecule has 150 valence electrons. The molecule has 1 N–H and O–H groups in total. The van der Waals surface area contributed by atoms with Crippen molar-refractivity contribution in [2.75, 3.05) is 20.2 Å². The number of benzene rings is 2. The smallest absolute Gasteiger partial charge is 0.258 e. The Morgan fingerprint density at radius 2 is 1.97 bits per heavy atom. The van der Waals surface area contributed by atoms with Gasteiger partial charge in [-0.25, -0.2) is 0 Å². The predicted octanol–water partition coefficient (Wildman–Crippen LogP) is 2.99. The number of aromatic nitrogens is 2. The lowest BCUT2D eigenvalue weighted by Gasteiger charge is -2.14. The molecule has 0 saturated carbocycles. The van der Waals surface area contributed by atoms with Gasteiger partial charge in [0.15, 0.2) is 6.61 Å². The van der Waals surface area contributed by atoms with Crippen molar-refractivity contribution >= 4 is 5.91 Å². The maximum Gasteiger partial charge on any atom is 0.258 e. The van der Waals surface area contributed by atoms with Crippen LogP contribution in [0.25, 0.3) is 11.4 Å². The largest absolute Gasteiger partial charge is 0.484 e. The first-order valence-electron chi connectivity index (χ1n) is 9.66. The van der Waals surface area contributed by atoms with Gasteiger partial charge in [-0.1, -0.05) is 53.2 Å². The van der Waals surface area contributed by atoms with Crippen molar-refractivity contribution in [2.45, 2.75) is 25.4 Å². The van der Waals surface area contributed by atoms with Crippen LogP contribution in [0.4, 0.5) is 0 Å². The van der Waals surface area contributed by atoms with Gasteiger partial charge in [0.1, 0.15) is 5.75 Å². The number of amides is 1. The van der Waals surface area contributed by atoms with Crippen LogP contribution in [0.3, 0.4) is 0 Å². The standard InChI is InChI=1S/C22H24N4O3/c1-15-8-10-16(11-9-15)21-24-22(29-25-21)19-12-17(13-26(19)2)23-20(27)14-28-18-6-4-3-5-7-18/h3-11,17,19H,12-14H2,1-2H3,(H,23,27). The van der Waals surface area contributed by atoms with Crippen LogP contribution in [0.1, 0.15) is 23.9 Å². The third-order valence-corrected chi connectivity index (χ3v) is 5.06.